The summed E-state index contributed by atoms with van der Waals surface area (Å²) >= 11 is 1.77. The largest absolute Gasteiger partial charge is 0.377 e. The number of thiazole rings is 1. The summed E-state index contributed by atoms with van der Waals surface area (Å²) in [7, 11) is 0. The number of nitrogens with two attached hydrogens (primary N) is 1. The van der Waals surface area contributed by atoms with Crippen molar-refractivity contribution in [2.45, 2.75) is 45.1 Å². The van der Waals surface area contributed by atoms with E-state index in [4.69, 9.17) is 10.5 Å². The minimum absolute atomic E-state index is 0.234. The Labute approximate surface area is 113 Å². The molecule has 2 atom stereocenters. The van der Waals surface area contributed by atoms with Gasteiger partial charge >= 0.3 is 0 Å². The molecule has 0 bridgehead atoms. The molecule has 1 saturated carbocycles. The molecule has 3 rings (SSSR count). The van der Waals surface area contributed by atoms with Crippen molar-refractivity contribution < 1.29 is 4.74 Å². The Morgan fingerprint density at radius 1 is 1.56 bits per heavy atom. The van der Waals surface area contributed by atoms with Gasteiger partial charge in [-0.25, -0.2) is 4.98 Å². The molecule has 1 saturated heterocycles. The minimum atomic E-state index is 0.234. The fourth-order valence-electron chi connectivity index (χ4n) is 3.26. The third-order valence-electron chi connectivity index (χ3n) is 4.65. The zero-order chi connectivity index (χ0) is 12.6. The quantitative estimate of drug-likeness (QED) is 0.891. The van der Waals surface area contributed by atoms with Crippen molar-refractivity contribution in [2.24, 2.45) is 17.1 Å². The summed E-state index contributed by atoms with van der Waals surface area (Å²) in [5.74, 6) is 0.790. The molecule has 2 unspecified atom stereocenters. The molecule has 0 spiro atoms. The number of aryl methyl sites for hydroxylation is 2. The van der Waals surface area contributed by atoms with Crippen molar-refractivity contribution in [2.75, 3.05) is 13.2 Å². The third-order valence-corrected chi connectivity index (χ3v) is 5.65. The normalized spacial score (nSPS) is 32.0. The first-order valence-electron chi connectivity index (χ1n) is 6.96. The topological polar surface area (TPSA) is 48.1 Å². The van der Waals surface area contributed by atoms with Crippen molar-refractivity contribution in [1.29, 1.82) is 0 Å². The number of nitrogens with zero attached hydrogens (tertiary/aromatic N) is 1. The van der Waals surface area contributed by atoms with E-state index in [0.29, 0.717) is 6.10 Å². The Hall–Kier alpha value is -0.450. The summed E-state index contributed by atoms with van der Waals surface area (Å²) in [6, 6.07) is 0. The van der Waals surface area contributed by atoms with Crippen LogP contribution in [0, 0.1) is 18.3 Å². The van der Waals surface area contributed by atoms with Crippen LogP contribution in [0.3, 0.4) is 0 Å². The maximum atomic E-state index is 6.11. The van der Waals surface area contributed by atoms with E-state index in [1.54, 1.807) is 11.3 Å². The van der Waals surface area contributed by atoms with Crippen molar-refractivity contribution in [3.8, 4) is 0 Å². The SMILES string of the molecule is Cc1ncsc1CCC1(CN)CCOC1C1CC1. The predicted octanol–water partition coefficient (Wildman–Crippen LogP) is 2.53. The van der Waals surface area contributed by atoms with E-state index >= 15 is 0 Å². The van der Waals surface area contributed by atoms with Crippen LogP contribution < -0.4 is 5.73 Å². The number of aromatic nitrogens is 1. The van der Waals surface area contributed by atoms with Crippen LogP contribution in [0.2, 0.25) is 0 Å². The van der Waals surface area contributed by atoms with Crippen LogP contribution in [-0.4, -0.2) is 24.2 Å². The predicted molar refractivity (Wildman–Crippen MR) is 73.7 cm³/mol. The van der Waals surface area contributed by atoms with Gasteiger partial charge in [-0.3, -0.25) is 0 Å². The van der Waals surface area contributed by atoms with Gasteiger partial charge in [-0.1, -0.05) is 0 Å². The van der Waals surface area contributed by atoms with E-state index < -0.39 is 0 Å². The molecule has 1 aromatic heterocycles. The molecule has 3 nitrogen and oxygen atoms in total. The maximum absolute atomic E-state index is 6.11. The van der Waals surface area contributed by atoms with E-state index in [0.717, 1.165) is 38.3 Å². The van der Waals surface area contributed by atoms with E-state index in [1.165, 1.54) is 23.4 Å². The average molecular weight is 266 g/mol. The highest BCUT2D eigenvalue weighted by atomic mass is 32.1. The second-order valence-electron chi connectivity index (χ2n) is 5.81. The fraction of sp³-hybridized carbons (Fsp3) is 0.786. The lowest BCUT2D eigenvalue weighted by Crippen LogP contribution is -2.40. The standard InChI is InChI=1S/C14H22N2OS/c1-10-12(18-9-16-10)4-5-14(8-15)6-7-17-13(14)11-2-3-11/h9,11,13H,2-8,15H2,1H3. The van der Waals surface area contributed by atoms with Crippen LogP contribution in [0.4, 0.5) is 0 Å². The molecule has 18 heavy (non-hydrogen) atoms. The van der Waals surface area contributed by atoms with Gasteiger partial charge in [0.05, 0.1) is 17.3 Å². The van der Waals surface area contributed by atoms with E-state index in [9.17, 15) is 0 Å². The van der Waals surface area contributed by atoms with E-state index in [2.05, 4.69) is 11.9 Å². The third kappa shape index (κ3) is 2.22. The average Bonchev–Trinajstić information content (AvgIpc) is 3.01. The van der Waals surface area contributed by atoms with Crippen molar-refractivity contribution in [3.63, 3.8) is 0 Å². The highest BCUT2D eigenvalue weighted by Gasteiger charge is 2.49. The van der Waals surface area contributed by atoms with Gasteiger partial charge in [0.1, 0.15) is 0 Å². The first-order valence-corrected chi connectivity index (χ1v) is 7.84. The van der Waals surface area contributed by atoms with Gasteiger partial charge in [-0.15, -0.1) is 11.3 Å². The molecule has 1 aromatic rings. The highest BCUT2D eigenvalue weighted by molar-refractivity contribution is 7.09. The van der Waals surface area contributed by atoms with Gasteiger partial charge in [0.25, 0.3) is 0 Å². The molecule has 4 heteroatoms. The maximum Gasteiger partial charge on any atom is 0.0797 e. The Bertz CT molecular complexity index is 416. The molecule has 2 aliphatic rings. The lowest BCUT2D eigenvalue weighted by atomic mass is 9.75. The van der Waals surface area contributed by atoms with E-state index in [-0.39, 0.29) is 5.41 Å². The van der Waals surface area contributed by atoms with Crippen LogP contribution in [0.25, 0.3) is 0 Å². The summed E-state index contributed by atoms with van der Waals surface area (Å²) < 4.78 is 5.99. The molecule has 2 N–H and O–H groups in total. The Morgan fingerprint density at radius 3 is 3.00 bits per heavy atom. The summed E-state index contributed by atoms with van der Waals surface area (Å²) in [6.45, 7) is 3.77. The molecule has 2 heterocycles. The highest BCUT2D eigenvalue weighted by Crippen LogP contribution is 2.49. The molecule has 100 valence electrons. The lowest BCUT2D eigenvalue weighted by Gasteiger charge is -2.33. The summed E-state index contributed by atoms with van der Waals surface area (Å²) in [5, 5.41) is 0. The number of hydrogen-bond acceptors (Lipinski definition) is 4. The zero-order valence-corrected chi connectivity index (χ0v) is 11.8. The van der Waals surface area contributed by atoms with Crippen molar-refractivity contribution in [1.82, 2.24) is 4.98 Å². The number of hydrogen-bond donors (Lipinski definition) is 1. The van der Waals surface area contributed by atoms with Gasteiger partial charge < -0.3 is 10.5 Å². The first-order chi connectivity index (χ1) is 8.75. The Kier molecular flexibility index (Phi) is 3.43. The Balaban J connectivity index is 1.69. The van der Waals surface area contributed by atoms with Crippen LogP contribution in [-0.2, 0) is 11.2 Å². The lowest BCUT2D eigenvalue weighted by molar-refractivity contribution is 0.0307. The zero-order valence-electron chi connectivity index (χ0n) is 11.0. The van der Waals surface area contributed by atoms with Crippen LogP contribution in [0.5, 0.6) is 0 Å². The molecule has 1 aliphatic carbocycles. The molecule has 2 fully saturated rings. The van der Waals surface area contributed by atoms with Crippen LogP contribution in [0.15, 0.2) is 5.51 Å². The van der Waals surface area contributed by atoms with Gasteiger partial charge in [-0.2, -0.15) is 0 Å². The number of ether oxygens (including phenoxy) is 1. The first kappa shape index (κ1) is 12.6. The summed E-state index contributed by atoms with van der Waals surface area (Å²) in [4.78, 5) is 5.75. The smallest absolute Gasteiger partial charge is 0.0797 e. The fourth-order valence-corrected chi connectivity index (χ4v) is 4.04. The minimum Gasteiger partial charge on any atom is -0.377 e. The summed E-state index contributed by atoms with van der Waals surface area (Å²) in [5.41, 5.74) is 9.48. The van der Waals surface area contributed by atoms with Crippen LogP contribution in [0.1, 0.15) is 36.3 Å². The van der Waals surface area contributed by atoms with Gasteiger partial charge in [0.2, 0.25) is 0 Å². The molecule has 0 amide bonds. The summed E-state index contributed by atoms with van der Waals surface area (Å²) in [6.07, 6.45) is 6.52. The van der Waals surface area contributed by atoms with E-state index in [1.807, 2.05) is 5.51 Å². The van der Waals surface area contributed by atoms with Gasteiger partial charge in [-0.05, 0) is 44.9 Å². The molecular formula is C14H22N2OS. The van der Waals surface area contributed by atoms with Gasteiger partial charge in [0, 0.05) is 23.4 Å². The second kappa shape index (κ2) is 4.91. The number of rotatable bonds is 5. The molecule has 1 aliphatic heterocycles. The second-order valence-corrected chi connectivity index (χ2v) is 6.75. The molecular weight excluding hydrogens is 244 g/mol. The molecule has 0 aromatic carbocycles. The Morgan fingerprint density at radius 2 is 2.39 bits per heavy atom. The molecule has 0 radical (unpaired) electrons. The monoisotopic (exact) mass is 266 g/mol. The van der Waals surface area contributed by atoms with Crippen molar-refractivity contribution in [3.05, 3.63) is 16.1 Å². The van der Waals surface area contributed by atoms with Crippen LogP contribution >= 0.6 is 11.3 Å². The van der Waals surface area contributed by atoms with Gasteiger partial charge in [0.15, 0.2) is 0 Å². The van der Waals surface area contributed by atoms with Crippen molar-refractivity contribution >= 4 is 11.3 Å².